The van der Waals surface area contributed by atoms with Gasteiger partial charge in [0.05, 0.1) is 19.2 Å². The minimum absolute atomic E-state index is 0.112. The summed E-state index contributed by atoms with van der Waals surface area (Å²) in [6, 6.07) is 7.99. The molecule has 0 radical (unpaired) electrons. The zero-order valence-corrected chi connectivity index (χ0v) is 20.1. The summed E-state index contributed by atoms with van der Waals surface area (Å²) in [6.07, 6.45) is 7.20. The van der Waals surface area contributed by atoms with Crippen molar-refractivity contribution >= 4 is 23.1 Å². The molecule has 10 nitrogen and oxygen atoms in total. The molecule has 10 heteroatoms. The summed E-state index contributed by atoms with van der Waals surface area (Å²) in [5.41, 5.74) is 2.88. The quantitative estimate of drug-likeness (QED) is 0.509. The molecule has 2 aliphatic heterocycles. The topological polar surface area (TPSA) is 107 Å². The van der Waals surface area contributed by atoms with E-state index in [9.17, 15) is 14.9 Å². The van der Waals surface area contributed by atoms with Crippen molar-refractivity contribution in [3.63, 3.8) is 0 Å². The van der Waals surface area contributed by atoms with Crippen LogP contribution in [0.25, 0.3) is 16.6 Å². The molecule has 2 amide bonds. The van der Waals surface area contributed by atoms with Gasteiger partial charge in [0.25, 0.3) is 0 Å². The van der Waals surface area contributed by atoms with Crippen LogP contribution in [0, 0.1) is 17.2 Å². The van der Waals surface area contributed by atoms with Crippen molar-refractivity contribution in [2.75, 3.05) is 51.3 Å². The van der Waals surface area contributed by atoms with Gasteiger partial charge in [-0.25, -0.2) is 9.50 Å². The van der Waals surface area contributed by atoms with E-state index in [-0.39, 0.29) is 17.7 Å². The highest BCUT2D eigenvalue weighted by Gasteiger charge is 2.34. The molecule has 0 unspecified atom stereocenters. The van der Waals surface area contributed by atoms with Gasteiger partial charge in [-0.1, -0.05) is 6.58 Å². The highest BCUT2D eigenvalue weighted by Crippen LogP contribution is 2.30. The number of methoxy groups -OCH3 is 1. The number of piperazine rings is 1. The lowest BCUT2D eigenvalue weighted by Crippen LogP contribution is -2.51. The van der Waals surface area contributed by atoms with Gasteiger partial charge < -0.3 is 19.4 Å². The maximum atomic E-state index is 13.0. The average Bonchev–Trinajstić information content (AvgIpc) is 3.59. The van der Waals surface area contributed by atoms with E-state index in [4.69, 9.17) is 4.74 Å². The standard InChI is InChI=1S/C26H27N7O3/c1-3-24(34)32-7-6-19(16-32)26(35)31-10-8-30(9-11-31)23-5-4-18(14-28-23)20-12-22(36-2)25-21(13-27)15-29-33(25)17-20/h3-5,12,14-15,17,19H,1,6-11,16H2,2H3/t19-/m1/s1. The number of nitrogens with zero attached hydrogens (tertiary/aromatic N) is 7. The van der Waals surface area contributed by atoms with Gasteiger partial charge in [-0.3, -0.25) is 9.59 Å². The molecular weight excluding hydrogens is 458 g/mol. The Labute approximate surface area is 209 Å². The van der Waals surface area contributed by atoms with Crippen molar-refractivity contribution in [1.29, 1.82) is 5.26 Å². The first-order valence-corrected chi connectivity index (χ1v) is 11.9. The second kappa shape index (κ2) is 9.70. The second-order valence-corrected chi connectivity index (χ2v) is 8.95. The van der Waals surface area contributed by atoms with Crippen LogP contribution in [-0.2, 0) is 9.59 Å². The van der Waals surface area contributed by atoms with Crippen LogP contribution in [0.5, 0.6) is 5.75 Å². The van der Waals surface area contributed by atoms with Gasteiger partial charge in [0.1, 0.15) is 28.7 Å². The predicted molar refractivity (Wildman–Crippen MR) is 133 cm³/mol. The fourth-order valence-electron chi connectivity index (χ4n) is 4.93. The van der Waals surface area contributed by atoms with Crippen molar-refractivity contribution < 1.29 is 14.3 Å². The molecule has 2 saturated heterocycles. The summed E-state index contributed by atoms with van der Waals surface area (Å²) in [5, 5.41) is 13.6. The Kier molecular flexibility index (Phi) is 6.29. The van der Waals surface area contributed by atoms with Gasteiger partial charge in [-0.2, -0.15) is 10.4 Å². The van der Waals surface area contributed by atoms with Crippen LogP contribution in [-0.4, -0.2) is 82.6 Å². The molecule has 5 heterocycles. The third kappa shape index (κ3) is 4.24. The Morgan fingerprint density at radius 2 is 1.94 bits per heavy atom. The molecule has 3 aromatic rings. The van der Waals surface area contributed by atoms with E-state index in [2.05, 4.69) is 27.6 Å². The summed E-state index contributed by atoms with van der Waals surface area (Å²) < 4.78 is 7.15. The SMILES string of the molecule is C=CC(=O)N1CC[C@@H](C(=O)N2CCN(c3ccc(-c4cc(OC)c5c(C#N)cnn5c4)cn3)CC2)C1. The number of likely N-dealkylation sites (tertiary alicyclic amines) is 1. The molecular formula is C26H27N7O3. The Bertz CT molecular complexity index is 1350. The van der Waals surface area contributed by atoms with E-state index >= 15 is 0 Å². The van der Waals surface area contributed by atoms with E-state index in [0.29, 0.717) is 62.5 Å². The number of carbonyl (C=O) groups is 2. The molecule has 5 rings (SSSR count). The van der Waals surface area contributed by atoms with Crippen LogP contribution in [0.15, 0.2) is 49.4 Å². The lowest BCUT2D eigenvalue weighted by Gasteiger charge is -2.36. The summed E-state index contributed by atoms with van der Waals surface area (Å²) in [7, 11) is 1.57. The lowest BCUT2D eigenvalue weighted by atomic mass is 10.1. The van der Waals surface area contributed by atoms with Gasteiger partial charge in [-0.05, 0) is 30.7 Å². The summed E-state index contributed by atoms with van der Waals surface area (Å²) in [6.45, 7) is 7.26. The van der Waals surface area contributed by atoms with Crippen molar-refractivity contribution in [3.8, 4) is 22.9 Å². The van der Waals surface area contributed by atoms with Gasteiger partial charge in [0, 0.05) is 62.8 Å². The van der Waals surface area contributed by atoms with Gasteiger partial charge in [-0.15, -0.1) is 0 Å². The van der Waals surface area contributed by atoms with E-state index in [1.54, 1.807) is 16.5 Å². The Hall–Kier alpha value is -4.39. The van der Waals surface area contributed by atoms with Crippen LogP contribution >= 0.6 is 0 Å². The predicted octanol–water partition coefficient (Wildman–Crippen LogP) is 1.96. The van der Waals surface area contributed by atoms with Crippen molar-refractivity contribution in [2.24, 2.45) is 5.92 Å². The maximum absolute atomic E-state index is 13.0. The maximum Gasteiger partial charge on any atom is 0.245 e. The minimum atomic E-state index is -0.133. The molecule has 3 aromatic heterocycles. The first-order chi connectivity index (χ1) is 17.5. The molecule has 0 aromatic carbocycles. The number of aromatic nitrogens is 3. The number of anilines is 1. The van der Waals surface area contributed by atoms with Gasteiger partial charge in [0.15, 0.2) is 0 Å². The van der Waals surface area contributed by atoms with Gasteiger partial charge >= 0.3 is 0 Å². The Balaban J connectivity index is 1.23. The van der Waals surface area contributed by atoms with Crippen LogP contribution in [0.3, 0.4) is 0 Å². The fraction of sp³-hybridized carbons (Fsp3) is 0.346. The monoisotopic (exact) mass is 485 g/mol. The molecule has 0 aliphatic carbocycles. The van der Waals surface area contributed by atoms with E-state index in [0.717, 1.165) is 16.9 Å². The molecule has 0 N–H and O–H groups in total. The van der Waals surface area contributed by atoms with Crippen LogP contribution in [0.1, 0.15) is 12.0 Å². The van der Waals surface area contributed by atoms with Crippen LogP contribution in [0.4, 0.5) is 5.82 Å². The smallest absolute Gasteiger partial charge is 0.245 e. The fourth-order valence-corrected chi connectivity index (χ4v) is 4.93. The highest BCUT2D eigenvalue weighted by atomic mass is 16.5. The first kappa shape index (κ1) is 23.4. The van der Waals surface area contributed by atoms with Crippen molar-refractivity contribution in [3.05, 3.63) is 55.0 Å². The molecule has 1 atom stereocenters. The van der Waals surface area contributed by atoms with Crippen LogP contribution < -0.4 is 9.64 Å². The minimum Gasteiger partial charge on any atom is -0.494 e. The van der Waals surface area contributed by atoms with E-state index in [1.165, 1.54) is 12.3 Å². The van der Waals surface area contributed by atoms with E-state index < -0.39 is 0 Å². The highest BCUT2D eigenvalue weighted by molar-refractivity contribution is 5.88. The molecule has 0 spiro atoms. The average molecular weight is 486 g/mol. The van der Waals surface area contributed by atoms with Crippen molar-refractivity contribution in [1.82, 2.24) is 24.4 Å². The number of carbonyl (C=O) groups excluding carboxylic acids is 2. The number of ether oxygens (including phenoxy) is 1. The normalized spacial score (nSPS) is 17.8. The molecule has 0 saturated carbocycles. The van der Waals surface area contributed by atoms with E-state index in [1.807, 2.05) is 35.5 Å². The second-order valence-electron chi connectivity index (χ2n) is 8.95. The molecule has 2 aliphatic rings. The third-order valence-electron chi connectivity index (χ3n) is 6.94. The lowest BCUT2D eigenvalue weighted by molar-refractivity contribution is -0.135. The number of pyridine rings is 2. The van der Waals surface area contributed by atoms with Gasteiger partial charge in [0.2, 0.25) is 11.8 Å². The molecule has 184 valence electrons. The third-order valence-corrected chi connectivity index (χ3v) is 6.94. The molecule has 0 bridgehead atoms. The zero-order chi connectivity index (χ0) is 25.2. The number of hydrogen-bond acceptors (Lipinski definition) is 7. The number of nitriles is 1. The van der Waals surface area contributed by atoms with Crippen molar-refractivity contribution in [2.45, 2.75) is 6.42 Å². The summed E-state index contributed by atoms with van der Waals surface area (Å²) in [5.74, 6) is 1.31. The summed E-state index contributed by atoms with van der Waals surface area (Å²) >= 11 is 0. The Morgan fingerprint density at radius 3 is 2.61 bits per heavy atom. The first-order valence-electron chi connectivity index (χ1n) is 11.9. The molecule has 2 fully saturated rings. The number of amides is 2. The zero-order valence-electron chi connectivity index (χ0n) is 20.1. The molecule has 36 heavy (non-hydrogen) atoms. The number of rotatable bonds is 5. The largest absolute Gasteiger partial charge is 0.494 e. The van der Waals surface area contributed by atoms with Crippen LogP contribution in [0.2, 0.25) is 0 Å². The Morgan fingerprint density at radius 1 is 1.14 bits per heavy atom. The summed E-state index contributed by atoms with van der Waals surface area (Å²) in [4.78, 5) is 35.2. The number of fused-ring (bicyclic) bond motifs is 1. The number of hydrogen-bond donors (Lipinski definition) is 0.